The van der Waals surface area contributed by atoms with Crippen molar-refractivity contribution >= 4 is 12.2 Å². The molecule has 1 aromatic heterocycles. The molecule has 44 heavy (non-hydrogen) atoms. The number of benzene rings is 5. The second-order valence-electron chi connectivity index (χ2n) is 11.3. The number of fused-ring (bicyclic) bond motifs is 1. The van der Waals surface area contributed by atoms with Crippen molar-refractivity contribution in [3.8, 4) is 33.5 Å². The fourth-order valence-corrected chi connectivity index (χ4v) is 5.86. The summed E-state index contributed by atoms with van der Waals surface area (Å²) < 4.78 is 0. The van der Waals surface area contributed by atoms with E-state index in [4.69, 9.17) is 0 Å². The molecular formula is C43H37N. The Morgan fingerprint density at radius 1 is 0.636 bits per heavy atom. The number of rotatable bonds is 6. The predicted octanol–water partition coefficient (Wildman–Crippen LogP) is 11.3. The molecule has 1 heteroatoms. The molecular weight excluding hydrogens is 530 g/mol. The zero-order valence-electron chi connectivity index (χ0n) is 25.4. The second-order valence-corrected chi connectivity index (χ2v) is 11.3. The lowest BCUT2D eigenvalue weighted by Crippen LogP contribution is -1.94. The highest BCUT2D eigenvalue weighted by Gasteiger charge is 2.10. The highest BCUT2D eigenvalue weighted by Crippen LogP contribution is 2.33. The van der Waals surface area contributed by atoms with Crippen molar-refractivity contribution in [3.63, 3.8) is 0 Å². The lowest BCUT2D eigenvalue weighted by molar-refractivity contribution is 1.17. The van der Waals surface area contributed by atoms with E-state index in [-0.39, 0.29) is 0 Å². The predicted molar refractivity (Wildman–Crippen MR) is 188 cm³/mol. The smallest absolute Gasteiger partial charge is 0.0702 e. The molecule has 5 aromatic carbocycles. The van der Waals surface area contributed by atoms with E-state index in [0.717, 1.165) is 24.1 Å². The third-order valence-corrected chi connectivity index (χ3v) is 7.96. The van der Waals surface area contributed by atoms with Gasteiger partial charge in [-0.1, -0.05) is 133 Å². The highest BCUT2D eigenvalue weighted by atomic mass is 14.7. The summed E-state index contributed by atoms with van der Waals surface area (Å²) in [4.78, 5) is 4.63. The summed E-state index contributed by atoms with van der Waals surface area (Å²) in [5.74, 6) is 0. The first-order valence-corrected chi connectivity index (χ1v) is 15.3. The zero-order chi connectivity index (χ0) is 30.1. The van der Waals surface area contributed by atoms with Gasteiger partial charge in [0.2, 0.25) is 0 Å². The van der Waals surface area contributed by atoms with Gasteiger partial charge in [-0.05, 0) is 107 Å². The van der Waals surface area contributed by atoms with Gasteiger partial charge < -0.3 is 0 Å². The van der Waals surface area contributed by atoms with Crippen molar-refractivity contribution in [2.45, 2.75) is 26.7 Å². The van der Waals surface area contributed by atoms with Crippen LogP contribution in [0.4, 0.5) is 0 Å². The van der Waals surface area contributed by atoms with Crippen molar-refractivity contribution in [1.82, 2.24) is 4.98 Å². The SMILES string of the molecule is C/C=C\c1ccccc1Cc1cc(C)cc(-c2cc(-c3ccccc3)cc(-c3ccccn3)c2)c1.C1=Cc2ccccc2C1. The molecule has 0 N–H and O–H groups in total. The fraction of sp³-hybridized carbons (Fsp3) is 0.0930. The molecule has 0 aliphatic heterocycles. The molecule has 0 fully saturated rings. The third kappa shape index (κ3) is 7.02. The first-order valence-electron chi connectivity index (χ1n) is 15.3. The molecule has 0 saturated heterocycles. The molecule has 0 amide bonds. The van der Waals surface area contributed by atoms with Gasteiger partial charge in [-0.15, -0.1) is 0 Å². The fourth-order valence-electron chi connectivity index (χ4n) is 5.86. The quantitative estimate of drug-likeness (QED) is 0.195. The van der Waals surface area contributed by atoms with Crippen molar-refractivity contribution in [3.05, 3.63) is 185 Å². The van der Waals surface area contributed by atoms with Crippen LogP contribution in [0.25, 0.3) is 45.7 Å². The van der Waals surface area contributed by atoms with E-state index in [1.165, 1.54) is 55.6 Å². The van der Waals surface area contributed by atoms with Crippen LogP contribution >= 0.6 is 0 Å². The summed E-state index contributed by atoms with van der Waals surface area (Å²) >= 11 is 0. The van der Waals surface area contributed by atoms with Crippen LogP contribution in [0.1, 0.15) is 40.3 Å². The molecule has 0 atom stereocenters. The maximum absolute atomic E-state index is 4.63. The Balaban J connectivity index is 0.000000323. The second kappa shape index (κ2) is 13.8. The van der Waals surface area contributed by atoms with Crippen LogP contribution in [0.2, 0.25) is 0 Å². The van der Waals surface area contributed by atoms with Crippen LogP contribution in [0.15, 0.2) is 152 Å². The summed E-state index contributed by atoms with van der Waals surface area (Å²) in [6.45, 7) is 4.26. The van der Waals surface area contributed by atoms with Crippen LogP contribution in [0.5, 0.6) is 0 Å². The topological polar surface area (TPSA) is 12.9 Å². The van der Waals surface area contributed by atoms with E-state index in [0.29, 0.717) is 0 Å². The van der Waals surface area contributed by atoms with Crippen LogP contribution in [-0.4, -0.2) is 4.98 Å². The monoisotopic (exact) mass is 567 g/mol. The first-order chi connectivity index (χ1) is 21.7. The molecule has 1 nitrogen and oxygen atoms in total. The van der Waals surface area contributed by atoms with E-state index in [9.17, 15) is 0 Å². The highest BCUT2D eigenvalue weighted by molar-refractivity contribution is 5.80. The maximum Gasteiger partial charge on any atom is 0.0702 e. The Labute approximate surface area is 261 Å². The number of allylic oxidation sites excluding steroid dienone is 2. The van der Waals surface area contributed by atoms with Gasteiger partial charge in [-0.2, -0.15) is 0 Å². The van der Waals surface area contributed by atoms with Gasteiger partial charge in [0, 0.05) is 11.8 Å². The molecule has 6 aromatic rings. The number of hydrogen-bond donors (Lipinski definition) is 0. The largest absolute Gasteiger partial charge is 0.256 e. The molecule has 0 bridgehead atoms. The Morgan fingerprint density at radius 3 is 2.14 bits per heavy atom. The summed E-state index contributed by atoms with van der Waals surface area (Å²) in [7, 11) is 0. The minimum Gasteiger partial charge on any atom is -0.256 e. The van der Waals surface area contributed by atoms with E-state index >= 15 is 0 Å². The Bertz CT molecular complexity index is 1860. The summed E-state index contributed by atoms with van der Waals surface area (Å²) in [6, 6.07) is 47.5. The Kier molecular flexibility index (Phi) is 9.04. The van der Waals surface area contributed by atoms with Gasteiger partial charge in [0.05, 0.1) is 5.69 Å². The number of nitrogens with zero attached hydrogens (tertiary/aromatic N) is 1. The lowest BCUT2D eigenvalue weighted by atomic mass is 9.91. The average Bonchev–Trinajstić information content (AvgIpc) is 3.56. The van der Waals surface area contributed by atoms with Gasteiger partial charge in [0.15, 0.2) is 0 Å². The van der Waals surface area contributed by atoms with Gasteiger partial charge in [0.1, 0.15) is 0 Å². The molecule has 1 heterocycles. The van der Waals surface area contributed by atoms with Gasteiger partial charge in [-0.25, -0.2) is 0 Å². The molecule has 1 aliphatic rings. The number of aryl methyl sites for hydroxylation is 1. The van der Waals surface area contributed by atoms with E-state index in [1.807, 2.05) is 18.3 Å². The first kappa shape index (κ1) is 28.8. The van der Waals surface area contributed by atoms with Gasteiger partial charge in [-0.3, -0.25) is 4.98 Å². The van der Waals surface area contributed by atoms with Crippen LogP contribution in [0, 0.1) is 6.92 Å². The molecule has 0 unspecified atom stereocenters. The van der Waals surface area contributed by atoms with Crippen molar-refractivity contribution in [2.24, 2.45) is 0 Å². The van der Waals surface area contributed by atoms with Crippen LogP contribution in [0.3, 0.4) is 0 Å². The van der Waals surface area contributed by atoms with Crippen LogP contribution < -0.4 is 0 Å². The average molecular weight is 568 g/mol. The maximum atomic E-state index is 4.63. The van der Waals surface area contributed by atoms with E-state index in [2.05, 4.69) is 164 Å². The molecule has 214 valence electrons. The minimum absolute atomic E-state index is 0.903. The summed E-state index contributed by atoms with van der Waals surface area (Å²) in [6.07, 6.45) is 12.6. The molecule has 1 aliphatic carbocycles. The van der Waals surface area contributed by atoms with Crippen LogP contribution in [-0.2, 0) is 12.8 Å². The standard InChI is InChI=1S/C34H29N.C9H8/c1-3-11-27-14-7-8-15-29(27)20-26-18-25(2)19-30(21-26)32-22-31(28-12-5-4-6-13-28)23-33(24-32)34-16-9-10-17-35-34;1-2-5-9-7-3-6-8(9)4-1/h3-19,21-24H,20H2,1-2H3;1-6H,7H2/b11-3-;. The lowest BCUT2D eigenvalue weighted by Gasteiger charge is -2.13. The Morgan fingerprint density at radius 2 is 1.34 bits per heavy atom. The normalized spacial score (nSPS) is 11.7. The summed E-state index contributed by atoms with van der Waals surface area (Å²) in [5, 5.41) is 0. The van der Waals surface area contributed by atoms with Gasteiger partial charge in [0.25, 0.3) is 0 Å². The van der Waals surface area contributed by atoms with Crippen molar-refractivity contribution in [2.75, 3.05) is 0 Å². The number of hydrogen-bond acceptors (Lipinski definition) is 1. The van der Waals surface area contributed by atoms with Crippen molar-refractivity contribution in [1.29, 1.82) is 0 Å². The minimum atomic E-state index is 0.903. The third-order valence-electron chi connectivity index (χ3n) is 7.96. The van der Waals surface area contributed by atoms with Crippen molar-refractivity contribution < 1.29 is 0 Å². The molecule has 7 rings (SSSR count). The zero-order valence-corrected chi connectivity index (χ0v) is 25.4. The molecule has 0 spiro atoms. The number of aromatic nitrogens is 1. The number of pyridine rings is 1. The van der Waals surface area contributed by atoms with E-state index in [1.54, 1.807) is 0 Å². The molecule has 0 saturated carbocycles. The van der Waals surface area contributed by atoms with E-state index < -0.39 is 0 Å². The molecule has 0 radical (unpaired) electrons. The Hall–Kier alpha value is -5.27. The van der Waals surface area contributed by atoms with Gasteiger partial charge >= 0.3 is 0 Å². The summed E-state index contributed by atoms with van der Waals surface area (Å²) in [5.41, 5.74) is 15.0.